The predicted molar refractivity (Wildman–Crippen MR) is 351 cm³/mol. The molecule has 0 saturated heterocycles. The maximum Gasteiger partial charge on any atom is 0.472 e. The number of nitrogens with one attached hydrogen (secondary N) is 1. The van der Waals surface area contributed by atoms with Crippen LogP contribution in [0.1, 0.15) is 342 Å². The third-order valence-corrected chi connectivity index (χ3v) is 16.8. The molecule has 476 valence electrons. The molecule has 3 unspecified atom stereocenters. The van der Waals surface area contributed by atoms with Gasteiger partial charge in [-0.3, -0.25) is 18.6 Å². The van der Waals surface area contributed by atoms with Gasteiger partial charge in [-0.05, 0) is 70.3 Å². The number of carbonyl (C=O) groups excluding carboxylic acids is 2. The van der Waals surface area contributed by atoms with E-state index < -0.39 is 20.0 Å². The van der Waals surface area contributed by atoms with Gasteiger partial charge in [0.2, 0.25) is 5.91 Å². The molecule has 2 N–H and O–H groups in total. The number of unbranched alkanes of at least 4 members (excludes halogenated alkanes) is 42. The lowest BCUT2D eigenvalue weighted by molar-refractivity contribution is -0.870. The first kappa shape index (κ1) is 79.0. The van der Waals surface area contributed by atoms with Crippen LogP contribution in [0, 0.1) is 0 Å². The summed E-state index contributed by atoms with van der Waals surface area (Å²) in [6.45, 7) is 7.02. The quantitative estimate of drug-likeness (QED) is 0.0205. The number of quaternary nitrogens is 1. The Balaban J connectivity index is 5.02. The first-order valence-electron chi connectivity index (χ1n) is 35.0. The molecule has 3 atom stereocenters. The van der Waals surface area contributed by atoms with Crippen LogP contribution >= 0.6 is 7.82 Å². The number of phosphoric acid groups is 1. The monoisotopic (exact) mass is 1160 g/mol. The summed E-state index contributed by atoms with van der Waals surface area (Å²) < 4.78 is 30.8. The molecule has 0 aromatic heterocycles. The minimum absolute atomic E-state index is 0.0393. The number of esters is 1. The SMILES string of the molecule is CCCCC/C=C\C/C=C\C/C=C\CCCCCCCCC(=O)OC(/C=C/CCCCCCCCCCC)C(COP(=O)(O)OCC[N+](C)(C)C)NC(=O)CCCCCCCCCCCCCCCCCCCCCCCCCCC. The van der Waals surface area contributed by atoms with E-state index in [1.54, 1.807) is 0 Å². The normalized spacial score (nSPS) is 13.8. The van der Waals surface area contributed by atoms with Gasteiger partial charge in [-0.15, -0.1) is 0 Å². The maximum absolute atomic E-state index is 13.6. The number of phosphoric ester groups is 1. The van der Waals surface area contributed by atoms with E-state index in [1.807, 2.05) is 33.3 Å². The molecule has 0 saturated carbocycles. The molecule has 0 radical (unpaired) electrons. The predicted octanol–water partition coefficient (Wildman–Crippen LogP) is 22.0. The Hall–Kier alpha value is -2.03. The molecule has 0 fully saturated rings. The van der Waals surface area contributed by atoms with E-state index in [1.165, 1.54) is 225 Å². The molecule has 0 heterocycles. The number of amides is 1. The Morgan fingerprint density at radius 1 is 0.432 bits per heavy atom. The van der Waals surface area contributed by atoms with Crippen molar-refractivity contribution in [2.75, 3.05) is 40.9 Å². The molecular weight excluding hydrogens is 1020 g/mol. The molecule has 0 aliphatic carbocycles. The van der Waals surface area contributed by atoms with Crippen molar-refractivity contribution in [3.63, 3.8) is 0 Å². The van der Waals surface area contributed by atoms with Crippen LogP contribution in [-0.2, 0) is 27.9 Å². The van der Waals surface area contributed by atoms with Crippen LogP contribution in [0.15, 0.2) is 48.6 Å². The molecule has 0 aromatic carbocycles. The molecule has 0 bridgehead atoms. The summed E-state index contributed by atoms with van der Waals surface area (Å²) in [5.74, 6) is -0.505. The third kappa shape index (κ3) is 62.3. The molecule has 0 spiro atoms. The van der Waals surface area contributed by atoms with Crippen LogP contribution in [-0.4, -0.2) is 74.3 Å². The topological polar surface area (TPSA) is 111 Å². The van der Waals surface area contributed by atoms with Gasteiger partial charge in [-0.1, -0.05) is 307 Å². The van der Waals surface area contributed by atoms with Crippen LogP contribution in [0.4, 0.5) is 0 Å². The first-order valence-corrected chi connectivity index (χ1v) is 36.5. The molecule has 0 rings (SSSR count). The highest BCUT2D eigenvalue weighted by Gasteiger charge is 2.30. The van der Waals surface area contributed by atoms with Gasteiger partial charge in [0, 0.05) is 12.8 Å². The lowest BCUT2D eigenvalue weighted by atomic mass is 10.0. The highest BCUT2D eigenvalue weighted by atomic mass is 31.2. The second-order valence-corrected chi connectivity index (χ2v) is 26.5. The molecular formula is C71H136N2O7P+. The Bertz CT molecular complexity index is 1520. The Morgan fingerprint density at radius 3 is 1.15 bits per heavy atom. The van der Waals surface area contributed by atoms with Crippen molar-refractivity contribution in [1.82, 2.24) is 5.32 Å². The van der Waals surface area contributed by atoms with Gasteiger partial charge in [0.05, 0.1) is 33.8 Å². The van der Waals surface area contributed by atoms with E-state index in [0.717, 1.165) is 83.5 Å². The van der Waals surface area contributed by atoms with Gasteiger partial charge in [0.25, 0.3) is 0 Å². The average Bonchev–Trinajstić information content (AvgIpc) is 3.44. The Labute approximate surface area is 503 Å². The van der Waals surface area contributed by atoms with Gasteiger partial charge in [0.15, 0.2) is 0 Å². The summed E-state index contributed by atoms with van der Waals surface area (Å²) in [4.78, 5) is 37.8. The van der Waals surface area contributed by atoms with Gasteiger partial charge in [-0.2, -0.15) is 0 Å². The fraction of sp³-hybridized carbons (Fsp3) is 0.859. The van der Waals surface area contributed by atoms with Crippen molar-refractivity contribution in [3.8, 4) is 0 Å². The average molecular weight is 1160 g/mol. The van der Waals surface area contributed by atoms with Crippen molar-refractivity contribution in [3.05, 3.63) is 48.6 Å². The second-order valence-electron chi connectivity index (χ2n) is 25.1. The third-order valence-electron chi connectivity index (χ3n) is 15.8. The summed E-state index contributed by atoms with van der Waals surface area (Å²) in [7, 11) is 1.50. The molecule has 10 heteroatoms. The minimum Gasteiger partial charge on any atom is -0.456 e. The van der Waals surface area contributed by atoms with E-state index in [2.05, 4.69) is 62.5 Å². The fourth-order valence-corrected chi connectivity index (χ4v) is 11.1. The standard InChI is InChI=1S/C71H135N2O7P/c1-7-10-13-16-19-22-25-27-29-31-33-34-35-36-37-38-40-41-43-45-48-51-54-57-60-63-70(74)72-68(67-79-81(76,77)78-66-65-73(4,5)6)69(62-59-56-53-50-47-24-21-18-15-12-9-3)80-71(75)64-61-58-55-52-49-46-44-42-39-32-30-28-26-23-20-17-14-11-8-2/h20,23,28,30,39,42,59,62,68-69H,7-19,21-22,24-27,29,31-38,40-41,43-58,60-61,63-67H2,1-6H3,(H-,72,74,76,77)/p+1/b23-20-,30-28-,42-39-,62-59+. The number of rotatable bonds is 64. The molecule has 1 amide bonds. The number of hydrogen-bond donors (Lipinski definition) is 2. The van der Waals surface area contributed by atoms with Gasteiger partial charge < -0.3 is 19.4 Å². The van der Waals surface area contributed by atoms with Crippen molar-refractivity contribution in [1.29, 1.82) is 0 Å². The molecule has 0 aromatic rings. The molecule has 9 nitrogen and oxygen atoms in total. The van der Waals surface area contributed by atoms with Crippen molar-refractivity contribution in [2.24, 2.45) is 0 Å². The lowest BCUT2D eigenvalue weighted by Gasteiger charge is -2.27. The maximum atomic E-state index is 13.6. The van der Waals surface area contributed by atoms with Crippen molar-refractivity contribution >= 4 is 19.7 Å². The van der Waals surface area contributed by atoms with Gasteiger partial charge >= 0.3 is 13.8 Å². The fourth-order valence-electron chi connectivity index (χ4n) is 10.4. The molecule has 0 aliphatic rings. The van der Waals surface area contributed by atoms with Crippen LogP contribution in [0.2, 0.25) is 0 Å². The van der Waals surface area contributed by atoms with E-state index in [0.29, 0.717) is 17.4 Å². The van der Waals surface area contributed by atoms with Crippen LogP contribution < -0.4 is 5.32 Å². The lowest BCUT2D eigenvalue weighted by Crippen LogP contribution is -2.47. The zero-order valence-electron chi connectivity index (χ0n) is 54.5. The first-order chi connectivity index (χ1) is 39.4. The summed E-state index contributed by atoms with van der Waals surface area (Å²) in [5, 5.41) is 3.07. The zero-order chi connectivity index (χ0) is 59.3. The second kappa shape index (κ2) is 61.1. The number of allylic oxidation sites excluding steroid dienone is 7. The smallest absolute Gasteiger partial charge is 0.456 e. The number of ether oxygens (including phenoxy) is 1. The van der Waals surface area contributed by atoms with Crippen LogP contribution in [0.5, 0.6) is 0 Å². The Kier molecular flexibility index (Phi) is 59.5. The van der Waals surface area contributed by atoms with Gasteiger partial charge in [-0.25, -0.2) is 4.57 Å². The summed E-state index contributed by atoms with van der Waals surface area (Å²) in [5.41, 5.74) is 0. The number of likely N-dealkylation sites (N-methyl/N-ethyl adjacent to an activating group) is 1. The van der Waals surface area contributed by atoms with Crippen molar-refractivity contribution < 1.29 is 37.3 Å². The number of carbonyl (C=O) groups is 2. The highest BCUT2D eigenvalue weighted by molar-refractivity contribution is 7.47. The molecule has 0 aliphatic heterocycles. The van der Waals surface area contributed by atoms with Crippen LogP contribution in [0.3, 0.4) is 0 Å². The van der Waals surface area contributed by atoms with Crippen LogP contribution in [0.25, 0.3) is 0 Å². The summed E-state index contributed by atoms with van der Waals surface area (Å²) >= 11 is 0. The van der Waals surface area contributed by atoms with E-state index in [9.17, 15) is 19.0 Å². The van der Waals surface area contributed by atoms with E-state index >= 15 is 0 Å². The Morgan fingerprint density at radius 2 is 0.753 bits per heavy atom. The van der Waals surface area contributed by atoms with Gasteiger partial charge in [0.1, 0.15) is 19.3 Å². The summed E-state index contributed by atoms with van der Waals surface area (Å²) in [6.07, 6.45) is 77.0. The number of nitrogens with zero attached hydrogens (tertiary/aromatic N) is 1. The zero-order valence-corrected chi connectivity index (χ0v) is 55.4. The molecule has 81 heavy (non-hydrogen) atoms. The number of hydrogen-bond acceptors (Lipinski definition) is 6. The minimum atomic E-state index is -4.45. The largest absolute Gasteiger partial charge is 0.472 e. The highest BCUT2D eigenvalue weighted by Crippen LogP contribution is 2.43. The van der Waals surface area contributed by atoms with E-state index in [-0.39, 0.29) is 31.5 Å². The van der Waals surface area contributed by atoms with E-state index in [4.69, 9.17) is 13.8 Å². The summed E-state index contributed by atoms with van der Waals surface area (Å²) in [6, 6.07) is -0.852. The van der Waals surface area contributed by atoms with Crippen molar-refractivity contribution in [2.45, 2.75) is 354 Å².